The number of nitriles is 1. The van der Waals surface area contributed by atoms with Gasteiger partial charge in [0, 0.05) is 0 Å². The molecule has 78 valence electrons. The van der Waals surface area contributed by atoms with E-state index < -0.39 is 17.7 Å². The van der Waals surface area contributed by atoms with Crippen molar-refractivity contribution in [3.05, 3.63) is 35.1 Å². The van der Waals surface area contributed by atoms with Crippen molar-refractivity contribution in [1.82, 2.24) is 0 Å². The Hall–Kier alpha value is -1.89. The quantitative estimate of drug-likeness (QED) is 0.827. The number of halogens is 1. The summed E-state index contributed by atoms with van der Waals surface area (Å²) in [6, 6.07) is 5.50. The van der Waals surface area contributed by atoms with Gasteiger partial charge in [-0.2, -0.15) is 5.26 Å². The van der Waals surface area contributed by atoms with Gasteiger partial charge in [0.25, 0.3) is 0 Å². The maximum absolute atomic E-state index is 13.0. The van der Waals surface area contributed by atoms with Gasteiger partial charge in [-0.1, -0.05) is 13.0 Å². The summed E-state index contributed by atoms with van der Waals surface area (Å²) in [5, 5.41) is 17.5. The van der Waals surface area contributed by atoms with Crippen molar-refractivity contribution in [3.63, 3.8) is 0 Å². The molecule has 0 amide bonds. The van der Waals surface area contributed by atoms with Crippen LogP contribution in [-0.2, 0) is 4.79 Å². The Balaban J connectivity index is 3.16. The Labute approximate surface area is 86.8 Å². The van der Waals surface area contributed by atoms with Crippen LogP contribution in [0.2, 0.25) is 0 Å². The first-order valence-corrected chi connectivity index (χ1v) is 4.52. The molecule has 1 atom stereocenters. The van der Waals surface area contributed by atoms with Gasteiger partial charge in [-0.25, -0.2) is 4.39 Å². The van der Waals surface area contributed by atoms with Gasteiger partial charge in [-0.05, 0) is 24.1 Å². The van der Waals surface area contributed by atoms with Crippen LogP contribution >= 0.6 is 0 Å². The average molecular weight is 207 g/mol. The Bertz CT molecular complexity index is 423. The van der Waals surface area contributed by atoms with Crippen molar-refractivity contribution >= 4 is 5.97 Å². The zero-order valence-electron chi connectivity index (χ0n) is 8.20. The van der Waals surface area contributed by atoms with Gasteiger partial charge in [0.15, 0.2) is 0 Å². The highest BCUT2D eigenvalue weighted by Gasteiger charge is 2.18. The molecule has 0 aliphatic rings. The monoisotopic (exact) mass is 207 g/mol. The van der Waals surface area contributed by atoms with Crippen LogP contribution < -0.4 is 0 Å². The fraction of sp³-hybridized carbons (Fsp3) is 0.273. The van der Waals surface area contributed by atoms with Crippen molar-refractivity contribution in [2.75, 3.05) is 0 Å². The number of carboxylic acids is 1. The van der Waals surface area contributed by atoms with Crippen LogP contribution in [0.4, 0.5) is 4.39 Å². The lowest BCUT2D eigenvalue weighted by atomic mass is 9.95. The average Bonchev–Trinajstić information content (AvgIpc) is 2.21. The molecule has 0 aliphatic heterocycles. The Morgan fingerprint density at radius 2 is 2.33 bits per heavy atom. The molecule has 3 nitrogen and oxygen atoms in total. The molecule has 0 bridgehead atoms. The molecule has 0 aromatic heterocycles. The molecule has 15 heavy (non-hydrogen) atoms. The molecule has 0 saturated heterocycles. The topological polar surface area (TPSA) is 61.1 Å². The fourth-order valence-corrected chi connectivity index (χ4v) is 1.40. The number of hydrogen-bond donors (Lipinski definition) is 1. The minimum absolute atomic E-state index is 0.118. The maximum atomic E-state index is 13.0. The van der Waals surface area contributed by atoms with Gasteiger partial charge in [-0.15, -0.1) is 0 Å². The summed E-state index contributed by atoms with van der Waals surface area (Å²) in [6.07, 6.45) is 0.409. The molecule has 4 heteroatoms. The predicted octanol–water partition coefficient (Wildman–Crippen LogP) is 2.28. The SMILES string of the molecule is CCC(C(=O)O)c1ccc(F)c(C#N)c1. The number of nitrogens with zero attached hydrogens (tertiary/aromatic N) is 1. The molecule has 0 heterocycles. The number of aliphatic carboxylic acids is 1. The third-order valence-corrected chi connectivity index (χ3v) is 2.22. The van der Waals surface area contributed by atoms with Crippen LogP contribution in [0.5, 0.6) is 0 Å². The van der Waals surface area contributed by atoms with Crippen LogP contribution in [0.3, 0.4) is 0 Å². The van der Waals surface area contributed by atoms with Gasteiger partial charge in [0.1, 0.15) is 11.9 Å². The van der Waals surface area contributed by atoms with Crippen molar-refractivity contribution in [2.45, 2.75) is 19.3 Å². The van der Waals surface area contributed by atoms with Gasteiger partial charge in [0.2, 0.25) is 0 Å². The minimum Gasteiger partial charge on any atom is -0.481 e. The first-order chi connectivity index (χ1) is 7.10. The van der Waals surface area contributed by atoms with Crippen LogP contribution in [0.25, 0.3) is 0 Å². The minimum atomic E-state index is -0.965. The largest absolute Gasteiger partial charge is 0.481 e. The van der Waals surface area contributed by atoms with E-state index >= 15 is 0 Å². The second-order valence-corrected chi connectivity index (χ2v) is 3.15. The summed E-state index contributed by atoms with van der Waals surface area (Å²) >= 11 is 0. The molecule has 0 radical (unpaired) electrons. The number of hydrogen-bond acceptors (Lipinski definition) is 2. The second-order valence-electron chi connectivity index (χ2n) is 3.15. The Morgan fingerprint density at radius 3 is 2.80 bits per heavy atom. The molecule has 0 fully saturated rings. The summed E-state index contributed by atoms with van der Waals surface area (Å²) in [4.78, 5) is 10.8. The molecule has 1 aromatic carbocycles. The van der Waals surface area contributed by atoms with Crippen LogP contribution in [0, 0.1) is 17.1 Å². The van der Waals surface area contributed by atoms with E-state index in [0.29, 0.717) is 12.0 Å². The first-order valence-electron chi connectivity index (χ1n) is 4.52. The lowest BCUT2D eigenvalue weighted by Gasteiger charge is -2.10. The number of rotatable bonds is 3. The first kappa shape index (κ1) is 11.2. The van der Waals surface area contributed by atoms with E-state index in [2.05, 4.69) is 0 Å². The summed E-state index contributed by atoms with van der Waals surface area (Å²) in [5.41, 5.74) is 0.343. The van der Waals surface area contributed by atoms with E-state index in [4.69, 9.17) is 10.4 Å². The number of carbonyl (C=O) groups is 1. The van der Waals surface area contributed by atoms with Crippen molar-refractivity contribution in [2.24, 2.45) is 0 Å². The van der Waals surface area contributed by atoms with E-state index in [1.54, 1.807) is 13.0 Å². The van der Waals surface area contributed by atoms with E-state index in [1.165, 1.54) is 12.1 Å². The zero-order valence-corrected chi connectivity index (χ0v) is 8.20. The van der Waals surface area contributed by atoms with Gasteiger partial charge in [0.05, 0.1) is 11.5 Å². The molecule has 1 aromatic rings. The van der Waals surface area contributed by atoms with Crippen molar-refractivity contribution in [3.8, 4) is 6.07 Å². The fourth-order valence-electron chi connectivity index (χ4n) is 1.40. The molecule has 1 rings (SSSR count). The second kappa shape index (κ2) is 4.56. The van der Waals surface area contributed by atoms with E-state index in [9.17, 15) is 9.18 Å². The van der Waals surface area contributed by atoms with Gasteiger partial charge < -0.3 is 5.11 Å². The summed E-state index contributed by atoms with van der Waals surface area (Å²) in [7, 11) is 0. The third-order valence-electron chi connectivity index (χ3n) is 2.22. The summed E-state index contributed by atoms with van der Waals surface area (Å²) in [6.45, 7) is 1.73. The molecule has 0 spiro atoms. The Morgan fingerprint density at radius 1 is 1.67 bits per heavy atom. The lowest BCUT2D eigenvalue weighted by molar-refractivity contribution is -0.138. The third kappa shape index (κ3) is 2.32. The summed E-state index contributed by atoms with van der Waals surface area (Å²) in [5.74, 6) is -2.27. The smallest absolute Gasteiger partial charge is 0.310 e. The zero-order chi connectivity index (χ0) is 11.4. The Kier molecular flexibility index (Phi) is 3.40. The standard InChI is InChI=1S/C11H10FNO2/c1-2-9(11(14)15)7-3-4-10(12)8(5-7)6-13/h3-5,9H,2H2,1H3,(H,14,15). The van der Waals surface area contributed by atoms with Crippen LogP contribution in [-0.4, -0.2) is 11.1 Å². The number of benzene rings is 1. The van der Waals surface area contributed by atoms with Gasteiger partial charge >= 0.3 is 5.97 Å². The molecule has 0 saturated carbocycles. The molecule has 1 unspecified atom stereocenters. The summed E-state index contributed by atoms with van der Waals surface area (Å²) < 4.78 is 13.0. The highest BCUT2D eigenvalue weighted by atomic mass is 19.1. The highest BCUT2D eigenvalue weighted by Crippen LogP contribution is 2.21. The number of carboxylic acid groups (broad SMARTS) is 1. The van der Waals surface area contributed by atoms with E-state index in [0.717, 1.165) is 6.07 Å². The molecular formula is C11H10FNO2. The lowest BCUT2D eigenvalue weighted by Crippen LogP contribution is -2.10. The highest BCUT2D eigenvalue weighted by molar-refractivity contribution is 5.76. The van der Waals surface area contributed by atoms with Crippen LogP contribution in [0.1, 0.15) is 30.4 Å². The van der Waals surface area contributed by atoms with Crippen molar-refractivity contribution < 1.29 is 14.3 Å². The molecular weight excluding hydrogens is 197 g/mol. The molecule has 0 aliphatic carbocycles. The van der Waals surface area contributed by atoms with Crippen LogP contribution in [0.15, 0.2) is 18.2 Å². The predicted molar refractivity (Wildman–Crippen MR) is 51.8 cm³/mol. The maximum Gasteiger partial charge on any atom is 0.310 e. The van der Waals surface area contributed by atoms with Gasteiger partial charge in [-0.3, -0.25) is 4.79 Å². The van der Waals surface area contributed by atoms with E-state index in [1.807, 2.05) is 0 Å². The van der Waals surface area contributed by atoms with E-state index in [-0.39, 0.29) is 5.56 Å². The molecule has 1 N–H and O–H groups in total. The van der Waals surface area contributed by atoms with Crippen molar-refractivity contribution in [1.29, 1.82) is 5.26 Å². The normalized spacial score (nSPS) is 11.8.